The predicted octanol–water partition coefficient (Wildman–Crippen LogP) is 2.73. The number of hydrogen-bond acceptors (Lipinski definition) is 3. The van der Waals surface area contributed by atoms with Crippen LogP contribution in [0.1, 0.15) is 30.1 Å². The predicted molar refractivity (Wildman–Crippen MR) is 66.0 cm³/mol. The Kier molecular flexibility index (Phi) is 2.48. The highest BCUT2D eigenvalue weighted by Gasteiger charge is 2.31. The summed E-state index contributed by atoms with van der Waals surface area (Å²) in [6, 6.07) is 7.94. The Balaban J connectivity index is 1.85. The zero-order chi connectivity index (χ0) is 11.8. The van der Waals surface area contributed by atoms with E-state index >= 15 is 0 Å². The number of nitrogens with zero attached hydrogens (tertiary/aromatic N) is 1. The number of carbonyl (C=O) groups is 1. The second kappa shape index (κ2) is 4.00. The van der Waals surface area contributed by atoms with Gasteiger partial charge in [-0.05, 0) is 44.0 Å². The molecule has 1 aliphatic carbocycles. The first-order valence-electron chi connectivity index (χ1n) is 5.99. The van der Waals surface area contributed by atoms with Crippen molar-refractivity contribution in [1.82, 2.24) is 0 Å². The van der Waals surface area contributed by atoms with Crippen LogP contribution in [0.3, 0.4) is 0 Å². The Morgan fingerprint density at radius 2 is 2.00 bits per heavy atom. The van der Waals surface area contributed by atoms with Crippen LogP contribution in [0.25, 0.3) is 0 Å². The lowest BCUT2D eigenvalue weighted by atomic mass is 9.98. The van der Waals surface area contributed by atoms with E-state index in [1.165, 1.54) is 0 Å². The van der Waals surface area contributed by atoms with Gasteiger partial charge in [0.1, 0.15) is 6.10 Å². The molecule has 1 aromatic carbocycles. The fraction of sp³-hybridized carbons (Fsp3) is 0.357. The first-order chi connectivity index (χ1) is 8.24. The number of hydrogen-bond donors (Lipinski definition) is 0. The summed E-state index contributed by atoms with van der Waals surface area (Å²) in [6.45, 7) is 1.58. The van der Waals surface area contributed by atoms with E-state index in [4.69, 9.17) is 4.84 Å². The Morgan fingerprint density at radius 1 is 1.24 bits per heavy atom. The highest BCUT2D eigenvalue weighted by Crippen LogP contribution is 2.32. The molecule has 2 heterocycles. The van der Waals surface area contributed by atoms with Gasteiger partial charge in [-0.2, -0.15) is 0 Å². The molecule has 1 fully saturated rings. The topological polar surface area (TPSA) is 29.5 Å². The average Bonchev–Trinajstić information content (AvgIpc) is 2.40. The van der Waals surface area contributed by atoms with Gasteiger partial charge >= 0.3 is 0 Å². The molecule has 1 aromatic rings. The molecule has 0 spiro atoms. The maximum atomic E-state index is 11.2. The smallest absolute Gasteiger partial charge is 0.159 e. The van der Waals surface area contributed by atoms with Gasteiger partial charge in [-0.3, -0.25) is 9.63 Å². The zero-order valence-electron chi connectivity index (χ0n) is 9.80. The molecule has 3 aliphatic rings. The maximum Gasteiger partial charge on any atom is 0.159 e. The average molecular weight is 229 g/mol. The Bertz CT molecular complexity index is 464. The number of carbonyl (C=O) groups excluding carboxylic acids is 1. The highest BCUT2D eigenvalue weighted by atomic mass is 16.7. The molecule has 17 heavy (non-hydrogen) atoms. The molecule has 3 nitrogen and oxygen atoms in total. The Labute approximate surface area is 101 Å². The molecule has 0 radical (unpaired) electrons. The molecular formula is C14H15NO2. The molecule has 0 amide bonds. The van der Waals surface area contributed by atoms with E-state index in [0.29, 0.717) is 6.04 Å². The van der Waals surface area contributed by atoms with E-state index in [0.717, 1.165) is 24.1 Å². The number of rotatable bonds is 2. The summed E-state index contributed by atoms with van der Waals surface area (Å²) in [5.41, 5.74) is 1.76. The molecule has 2 aliphatic heterocycles. The van der Waals surface area contributed by atoms with Crippen LogP contribution in [0.5, 0.6) is 0 Å². The molecule has 0 N–H and O–H groups in total. The lowest BCUT2D eigenvalue weighted by molar-refractivity contribution is 0.00352. The van der Waals surface area contributed by atoms with Crippen LogP contribution in [0, 0.1) is 0 Å². The monoisotopic (exact) mass is 229 g/mol. The van der Waals surface area contributed by atoms with Crippen LogP contribution in [0.15, 0.2) is 36.4 Å². The third kappa shape index (κ3) is 1.87. The second-order valence-electron chi connectivity index (χ2n) is 4.60. The van der Waals surface area contributed by atoms with Crippen molar-refractivity contribution in [2.24, 2.45) is 0 Å². The number of hydroxylamine groups is 1. The van der Waals surface area contributed by atoms with Gasteiger partial charge in [0.15, 0.2) is 5.78 Å². The van der Waals surface area contributed by atoms with Gasteiger partial charge in [0.05, 0.1) is 11.7 Å². The van der Waals surface area contributed by atoms with Gasteiger partial charge in [-0.15, -0.1) is 0 Å². The summed E-state index contributed by atoms with van der Waals surface area (Å²) >= 11 is 0. The highest BCUT2D eigenvalue weighted by molar-refractivity contribution is 5.94. The van der Waals surface area contributed by atoms with Crippen molar-refractivity contribution in [2.45, 2.75) is 31.9 Å². The largest absolute Gasteiger partial charge is 0.295 e. The fourth-order valence-corrected chi connectivity index (χ4v) is 2.38. The molecule has 4 rings (SSSR count). The van der Waals surface area contributed by atoms with Crippen LogP contribution in [0.4, 0.5) is 5.69 Å². The van der Waals surface area contributed by atoms with Gasteiger partial charge in [0.2, 0.25) is 0 Å². The summed E-state index contributed by atoms with van der Waals surface area (Å²) in [7, 11) is 0. The van der Waals surface area contributed by atoms with Gasteiger partial charge in [0, 0.05) is 5.56 Å². The molecule has 3 heteroatoms. The van der Waals surface area contributed by atoms with Gasteiger partial charge in [-0.25, -0.2) is 5.06 Å². The number of anilines is 1. The minimum atomic E-state index is 0.0949. The summed E-state index contributed by atoms with van der Waals surface area (Å²) < 4.78 is 0. The first kappa shape index (κ1) is 10.5. The quantitative estimate of drug-likeness (QED) is 0.577. The van der Waals surface area contributed by atoms with Crippen LogP contribution in [-0.4, -0.2) is 17.9 Å². The van der Waals surface area contributed by atoms with Crippen molar-refractivity contribution in [1.29, 1.82) is 0 Å². The van der Waals surface area contributed by atoms with Gasteiger partial charge in [0.25, 0.3) is 0 Å². The number of ketones is 1. The van der Waals surface area contributed by atoms with Crippen molar-refractivity contribution in [3.63, 3.8) is 0 Å². The molecule has 0 saturated carbocycles. The molecule has 2 atom stereocenters. The third-order valence-electron chi connectivity index (χ3n) is 3.37. The first-order valence-corrected chi connectivity index (χ1v) is 5.99. The molecule has 0 aromatic heterocycles. The van der Waals surface area contributed by atoms with Gasteiger partial charge in [-0.1, -0.05) is 12.2 Å². The summed E-state index contributed by atoms with van der Waals surface area (Å²) in [4.78, 5) is 17.0. The van der Waals surface area contributed by atoms with Crippen molar-refractivity contribution < 1.29 is 9.63 Å². The van der Waals surface area contributed by atoms with E-state index < -0.39 is 0 Å². The van der Waals surface area contributed by atoms with E-state index in [1.807, 2.05) is 29.3 Å². The molecular weight excluding hydrogens is 214 g/mol. The van der Waals surface area contributed by atoms with E-state index in [9.17, 15) is 4.79 Å². The standard InChI is InChI=1S/C14H15NO2/c1-10(16)11-2-4-12(5-3-11)15-13-6-8-14(17-15)9-7-13/h2-6,8,13-14H,7,9H2,1H3. The number of Topliss-reactive ketones (excluding diaryl/α,β-unsaturated/α-hetero) is 1. The number of benzene rings is 1. The maximum absolute atomic E-state index is 11.2. The van der Waals surface area contributed by atoms with Crippen molar-refractivity contribution in [2.75, 3.05) is 5.06 Å². The van der Waals surface area contributed by atoms with Crippen LogP contribution < -0.4 is 5.06 Å². The minimum Gasteiger partial charge on any atom is -0.295 e. The SMILES string of the molecule is CC(=O)c1ccc(N2OC3C=CC2CC3)cc1. The van der Waals surface area contributed by atoms with Gasteiger partial charge < -0.3 is 0 Å². The summed E-state index contributed by atoms with van der Waals surface area (Å²) in [5.74, 6) is 0.0949. The van der Waals surface area contributed by atoms with Crippen LogP contribution >= 0.6 is 0 Å². The number of fused-ring (bicyclic) bond motifs is 2. The fourth-order valence-electron chi connectivity index (χ4n) is 2.38. The van der Waals surface area contributed by atoms with E-state index in [1.54, 1.807) is 6.92 Å². The summed E-state index contributed by atoms with van der Waals surface area (Å²) in [5, 5.41) is 1.96. The van der Waals surface area contributed by atoms with Crippen molar-refractivity contribution >= 4 is 11.5 Å². The lowest BCUT2D eigenvalue weighted by Gasteiger charge is -2.41. The molecule has 88 valence electrons. The lowest BCUT2D eigenvalue weighted by Crippen LogP contribution is -2.45. The van der Waals surface area contributed by atoms with Crippen molar-refractivity contribution in [3.8, 4) is 0 Å². The normalized spacial score (nSPS) is 26.3. The van der Waals surface area contributed by atoms with E-state index in [2.05, 4.69) is 12.2 Å². The Hall–Kier alpha value is -1.61. The van der Waals surface area contributed by atoms with Crippen LogP contribution in [-0.2, 0) is 4.84 Å². The zero-order valence-corrected chi connectivity index (χ0v) is 9.80. The molecule has 1 saturated heterocycles. The van der Waals surface area contributed by atoms with Crippen molar-refractivity contribution in [3.05, 3.63) is 42.0 Å². The van der Waals surface area contributed by atoms with E-state index in [-0.39, 0.29) is 11.9 Å². The third-order valence-corrected chi connectivity index (χ3v) is 3.37. The second-order valence-corrected chi connectivity index (χ2v) is 4.60. The molecule has 2 bridgehead atoms. The molecule has 2 unspecified atom stereocenters. The van der Waals surface area contributed by atoms with Crippen LogP contribution in [0.2, 0.25) is 0 Å². The summed E-state index contributed by atoms with van der Waals surface area (Å²) in [6.07, 6.45) is 6.79. The Morgan fingerprint density at radius 3 is 2.47 bits per heavy atom. The minimum absolute atomic E-state index is 0.0949.